The molecule has 0 heterocycles. The summed E-state index contributed by atoms with van der Waals surface area (Å²) >= 11 is 0. The van der Waals surface area contributed by atoms with E-state index >= 15 is 0 Å². The summed E-state index contributed by atoms with van der Waals surface area (Å²) in [5, 5.41) is 12.9. The van der Waals surface area contributed by atoms with E-state index in [1.165, 1.54) is 30.3 Å². The summed E-state index contributed by atoms with van der Waals surface area (Å²) < 4.78 is 48.8. The van der Waals surface area contributed by atoms with Crippen LogP contribution in [0.4, 0.5) is 18.9 Å². The van der Waals surface area contributed by atoms with E-state index in [0.29, 0.717) is 0 Å². The van der Waals surface area contributed by atoms with E-state index in [2.05, 4.69) is 5.32 Å². The Morgan fingerprint density at radius 3 is 2.17 bits per heavy atom. The lowest BCUT2D eigenvalue weighted by molar-refractivity contribution is -0.137. The van der Waals surface area contributed by atoms with Gasteiger partial charge >= 0.3 is 6.18 Å². The molecule has 4 aromatic carbocycles. The zero-order chi connectivity index (χ0) is 25.7. The number of halogens is 3. The molecule has 0 aromatic heterocycles. The first kappa shape index (κ1) is 24.7. The minimum atomic E-state index is -4.44. The summed E-state index contributed by atoms with van der Waals surface area (Å²) in [4.78, 5) is 12.5. The minimum Gasteiger partial charge on any atom is -0.506 e. The molecule has 0 fully saturated rings. The molecule has 0 atom stereocenters. The van der Waals surface area contributed by atoms with Crippen molar-refractivity contribution in [3.05, 3.63) is 102 Å². The molecule has 2 N–H and O–H groups in total. The first-order valence-corrected chi connectivity index (χ1v) is 10.9. The number of amides is 1. The third-order valence-corrected chi connectivity index (χ3v) is 5.38. The fourth-order valence-electron chi connectivity index (χ4n) is 3.53. The van der Waals surface area contributed by atoms with Crippen molar-refractivity contribution in [2.75, 3.05) is 12.4 Å². The van der Waals surface area contributed by atoms with Crippen LogP contribution in [-0.4, -0.2) is 18.1 Å². The Morgan fingerprint density at radius 2 is 1.53 bits per heavy atom. The third-order valence-electron chi connectivity index (χ3n) is 5.38. The SMILES string of the molecule is COc1cccc(-c2ccc(CC(=O)Nc3ccc(Oc4ccc(C(F)(F)F)cc4)cc3O)cc2)c1. The first-order chi connectivity index (χ1) is 17.2. The van der Waals surface area contributed by atoms with Gasteiger partial charge in [0.15, 0.2) is 0 Å². The second-order valence-corrected chi connectivity index (χ2v) is 7.96. The second kappa shape index (κ2) is 10.4. The quantitative estimate of drug-likeness (QED) is 0.271. The van der Waals surface area contributed by atoms with Crippen LogP contribution in [0.3, 0.4) is 0 Å². The van der Waals surface area contributed by atoms with E-state index in [9.17, 15) is 23.1 Å². The molecule has 4 aromatic rings. The van der Waals surface area contributed by atoms with E-state index in [-0.39, 0.29) is 35.3 Å². The van der Waals surface area contributed by atoms with Crippen molar-refractivity contribution >= 4 is 11.6 Å². The van der Waals surface area contributed by atoms with Gasteiger partial charge in [0, 0.05) is 6.07 Å². The Bertz CT molecular complexity index is 1350. The first-order valence-electron chi connectivity index (χ1n) is 10.9. The molecule has 0 bridgehead atoms. The fraction of sp³-hybridized carbons (Fsp3) is 0.107. The molecule has 0 aliphatic rings. The van der Waals surface area contributed by atoms with Gasteiger partial charge < -0.3 is 19.9 Å². The topological polar surface area (TPSA) is 67.8 Å². The van der Waals surface area contributed by atoms with Crippen molar-refractivity contribution in [2.24, 2.45) is 0 Å². The number of hydrogen-bond acceptors (Lipinski definition) is 4. The summed E-state index contributed by atoms with van der Waals surface area (Å²) in [6.45, 7) is 0. The van der Waals surface area contributed by atoms with Gasteiger partial charge in [-0.15, -0.1) is 0 Å². The number of aromatic hydroxyl groups is 1. The zero-order valence-corrected chi connectivity index (χ0v) is 19.2. The predicted octanol–water partition coefficient (Wildman–Crippen LogP) is 7.06. The normalized spacial score (nSPS) is 11.1. The highest BCUT2D eigenvalue weighted by molar-refractivity contribution is 5.93. The van der Waals surface area contributed by atoms with Crippen molar-refractivity contribution < 1.29 is 32.5 Å². The van der Waals surface area contributed by atoms with E-state index in [1.54, 1.807) is 7.11 Å². The molecular weight excluding hydrogens is 471 g/mol. The summed E-state index contributed by atoms with van der Waals surface area (Å²) in [6.07, 6.45) is -4.34. The van der Waals surface area contributed by atoms with Gasteiger partial charge in [-0.25, -0.2) is 0 Å². The van der Waals surface area contributed by atoms with Gasteiger partial charge in [0.05, 0.1) is 24.8 Å². The fourth-order valence-corrected chi connectivity index (χ4v) is 3.53. The molecule has 36 heavy (non-hydrogen) atoms. The lowest BCUT2D eigenvalue weighted by atomic mass is 10.0. The Balaban J connectivity index is 1.36. The number of methoxy groups -OCH3 is 1. The van der Waals surface area contributed by atoms with Gasteiger partial charge in [-0.05, 0) is 65.2 Å². The molecule has 184 valence electrons. The van der Waals surface area contributed by atoms with Crippen molar-refractivity contribution in [3.8, 4) is 34.1 Å². The Morgan fingerprint density at radius 1 is 0.833 bits per heavy atom. The van der Waals surface area contributed by atoms with Crippen molar-refractivity contribution in [1.82, 2.24) is 0 Å². The Labute approximate surface area is 205 Å². The van der Waals surface area contributed by atoms with Gasteiger partial charge in [-0.1, -0.05) is 36.4 Å². The largest absolute Gasteiger partial charge is 0.506 e. The number of hydrogen-bond donors (Lipinski definition) is 2. The number of anilines is 1. The number of alkyl halides is 3. The molecule has 5 nitrogen and oxygen atoms in total. The maximum Gasteiger partial charge on any atom is 0.416 e. The number of nitrogens with one attached hydrogen (secondary N) is 1. The van der Waals surface area contributed by atoms with Gasteiger partial charge in [-0.2, -0.15) is 13.2 Å². The Kier molecular flexibility index (Phi) is 7.15. The number of ether oxygens (including phenoxy) is 2. The van der Waals surface area contributed by atoms with Crippen LogP contribution in [0.5, 0.6) is 23.0 Å². The van der Waals surface area contributed by atoms with Gasteiger partial charge in [0.2, 0.25) is 5.91 Å². The average Bonchev–Trinajstić information content (AvgIpc) is 2.86. The van der Waals surface area contributed by atoms with Crippen LogP contribution in [0.25, 0.3) is 11.1 Å². The molecule has 0 radical (unpaired) electrons. The lowest BCUT2D eigenvalue weighted by Gasteiger charge is -2.11. The number of phenols is 1. The van der Waals surface area contributed by atoms with Crippen molar-refractivity contribution in [1.29, 1.82) is 0 Å². The van der Waals surface area contributed by atoms with E-state index in [1.807, 2.05) is 48.5 Å². The molecular formula is C28H22F3NO4. The molecule has 0 aliphatic carbocycles. The van der Waals surface area contributed by atoms with Gasteiger partial charge in [0.25, 0.3) is 0 Å². The molecule has 0 saturated heterocycles. The molecule has 4 rings (SSSR count). The summed E-state index contributed by atoms with van der Waals surface area (Å²) in [5.74, 6) is 0.582. The van der Waals surface area contributed by atoms with Crippen LogP contribution in [-0.2, 0) is 17.4 Å². The van der Waals surface area contributed by atoms with Gasteiger partial charge in [0.1, 0.15) is 23.0 Å². The van der Waals surface area contributed by atoms with Crippen molar-refractivity contribution in [2.45, 2.75) is 12.6 Å². The van der Waals surface area contributed by atoms with Crippen molar-refractivity contribution in [3.63, 3.8) is 0 Å². The minimum absolute atomic E-state index is 0.0988. The Hall–Kier alpha value is -4.46. The standard InChI is InChI=1S/C28H22F3NO4/c1-35-23-4-2-3-20(16-23)19-7-5-18(6-8-19)15-27(34)32-25-14-13-24(17-26(25)33)36-22-11-9-21(10-12-22)28(29,30)31/h2-14,16-17,33H,15H2,1H3,(H,32,34). The number of benzene rings is 4. The highest BCUT2D eigenvalue weighted by Crippen LogP contribution is 2.34. The maximum absolute atomic E-state index is 12.7. The summed E-state index contributed by atoms with van der Waals surface area (Å²) in [6, 6.07) is 23.6. The molecule has 0 unspecified atom stereocenters. The molecule has 0 saturated carbocycles. The second-order valence-electron chi connectivity index (χ2n) is 7.96. The van der Waals surface area contributed by atoms with Gasteiger partial charge in [-0.3, -0.25) is 4.79 Å². The lowest BCUT2D eigenvalue weighted by Crippen LogP contribution is -2.14. The summed E-state index contributed by atoms with van der Waals surface area (Å²) in [5.41, 5.74) is 2.17. The van der Waals surface area contributed by atoms with E-state index in [0.717, 1.165) is 34.6 Å². The van der Waals surface area contributed by atoms with Crippen LogP contribution < -0.4 is 14.8 Å². The molecule has 0 aliphatic heterocycles. The summed E-state index contributed by atoms with van der Waals surface area (Å²) in [7, 11) is 1.61. The number of carbonyl (C=O) groups excluding carboxylic acids is 1. The number of rotatable bonds is 7. The molecule has 8 heteroatoms. The van der Waals surface area contributed by atoms with Crippen LogP contribution in [0.1, 0.15) is 11.1 Å². The zero-order valence-electron chi connectivity index (χ0n) is 19.2. The third kappa shape index (κ3) is 6.15. The average molecular weight is 493 g/mol. The van der Waals surface area contributed by atoms with Crippen LogP contribution in [0.15, 0.2) is 91.0 Å². The molecule has 0 spiro atoms. The van der Waals surface area contributed by atoms with E-state index in [4.69, 9.17) is 9.47 Å². The van der Waals surface area contributed by atoms with Crippen LogP contribution in [0.2, 0.25) is 0 Å². The van der Waals surface area contributed by atoms with E-state index < -0.39 is 11.7 Å². The molecule has 1 amide bonds. The number of phenolic OH excluding ortho intramolecular Hbond substituents is 1. The smallest absolute Gasteiger partial charge is 0.416 e. The monoisotopic (exact) mass is 493 g/mol. The predicted molar refractivity (Wildman–Crippen MR) is 130 cm³/mol. The van der Waals surface area contributed by atoms with Crippen LogP contribution >= 0.6 is 0 Å². The highest BCUT2D eigenvalue weighted by Gasteiger charge is 2.30. The van der Waals surface area contributed by atoms with Crippen LogP contribution in [0, 0.1) is 0 Å². The highest BCUT2D eigenvalue weighted by atomic mass is 19.4. The maximum atomic E-state index is 12.7. The number of carbonyl (C=O) groups is 1.